The highest BCUT2D eigenvalue weighted by molar-refractivity contribution is 5.41. The first-order valence-corrected chi connectivity index (χ1v) is 8.40. The first-order valence-electron chi connectivity index (χ1n) is 8.40. The Morgan fingerprint density at radius 3 is 2.43 bits per heavy atom. The predicted molar refractivity (Wildman–Crippen MR) is 89.2 cm³/mol. The molecule has 0 aliphatic heterocycles. The summed E-state index contributed by atoms with van der Waals surface area (Å²) < 4.78 is 11.6. The van der Waals surface area contributed by atoms with Crippen molar-refractivity contribution in [3.63, 3.8) is 0 Å². The van der Waals surface area contributed by atoms with Gasteiger partial charge in [0.15, 0.2) is 0 Å². The van der Waals surface area contributed by atoms with Gasteiger partial charge in [0.1, 0.15) is 11.5 Å². The van der Waals surface area contributed by atoms with Gasteiger partial charge in [-0.15, -0.1) is 0 Å². The molecule has 0 aliphatic carbocycles. The Kier molecular flexibility index (Phi) is 9.71. The van der Waals surface area contributed by atoms with Crippen LogP contribution in [-0.2, 0) is 6.42 Å². The third-order valence-electron chi connectivity index (χ3n) is 3.43. The smallest absolute Gasteiger partial charge is 0.126 e. The normalized spacial score (nSPS) is 10.6. The molecular weight excluding hydrogens is 262 g/mol. The molecule has 0 atom stereocenters. The van der Waals surface area contributed by atoms with Crippen LogP contribution in [0.5, 0.6) is 11.5 Å². The molecule has 0 saturated heterocycles. The zero-order valence-corrected chi connectivity index (χ0v) is 13.7. The van der Waals surface area contributed by atoms with Gasteiger partial charge in [-0.2, -0.15) is 0 Å². The molecule has 21 heavy (non-hydrogen) atoms. The quantitative estimate of drug-likeness (QED) is 0.583. The molecule has 0 amide bonds. The lowest BCUT2D eigenvalue weighted by Crippen LogP contribution is -2.07. The monoisotopic (exact) mass is 293 g/mol. The third kappa shape index (κ3) is 7.37. The van der Waals surface area contributed by atoms with Gasteiger partial charge in [0, 0.05) is 6.07 Å². The van der Waals surface area contributed by atoms with Crippen LogP contribution in [0.15, 0.2) is 18.2 Å². The van der Waals surface area contributed by atoms with Crippen molar-refractivity contribution in [3.05, 3.63) is 23.8 Å². The van der Waals surface area contributed by atoms with Crippen molar-refractivity contribution in [1.29, 1.82) is 0 Å². The van der Waals surface area contributed by atoms with Crippen LogP contribution in [0, 0.1) is 0 Å². The van der Waals surface area contributed by atoms with E-state index in [1.807, 2.05) is 12.1 Å². The molecule has 1 aromatic rings. The minimum atomic E-state index is 0.641. The summed E-state index contributed by atoms with van der Waals surface area (Å²) in [5.41, 5.74) is 6.85. The van der Waals surface area contributed by atoms with Gasteiger partial charge in [-0.05, 0) is 37.4 Å². The summed E-state index contributed by atoms with van der Waals surface area (Å²) in [7, 11) is 0. The van der Waals surface area contributed by atoms with E-state index in [2.05, 4.69) is 19.9 Å². The number of hydrogen-bond donors (Lipinski definition) is 1. The summed E-state index contributed by atoms with van der Waals surface area (Å²) in [5.74, 6) is 1.82. The molecule has 0 spiro atoms. The van der Waals surface area contributed by atoms with Crippen LogP contribution in [0.4, 0.5) is 0 Å². The van der Waals surface area contributed by atoms with Crippen LogP contribution >= 0.6 is 0 Å². The minimum Gasteiger partial charge on any atom is -0.493 e. The lowest BCUT2D eigenvalue weighted by atomic mass is 10.1. The van der Waals surface area contributed by atoms with Crippen molar-refractivity contribution < 1.29 is 9.47 Å². The Labute approximate surface area is 129 Å². The molecule has 1 rings (SSSR count). The molecule has 0 heterocycles. The van der Waals surface area contributed by atoms with E-state index in [-0.39, 0.29) is 0 Å². The van der Waals surface area contributed by atoms with E-state index in [4.69, 9.17) is 15.2 Å². The standard InChI is InChI=1S/C18H31NO2/c1-3-5-6-7-8-14-21-18-15-17(20-13-4-2)10-9-16(18)11-12-19/h9-10,15H,3-8,11-14,19H2,1-2H3. The maximum atomic E-state index is 5.95. The Balaban J connectivity index is 2.50. The van der Waals surface area contributed by atoms with E-state index in [9.17, 15) is 0 Å². The maximum absolute atomic E-state index is 5.95. The lowest BCUT2D eigenvalue weighted by Gasteiger charge is -2.13. The molecule has 0 saturated carbocycles. The number of unbranched alkanes of at least 4 members (excludes halogenated alkanes) is 4. The fourth-order valence-electron chi connectivity index (χ4n) is 2.23. The fourth-order valence-corrected chi connectivity index (χ4v) is 2.23. The molecule has 0 radical (unpaired) electrons. The molecular formula is C18H31NO2. The Hall–Kier alpha value is -1.22. The zero-order valence-electron chi connectivity index (χ0n) is 13.7. The number of nitrogens with two attached hydrogens (primary N) is 1. The topological polar surface area (TPSA) is 44.5 Å². The van der Waals surface area contributed by atoms with Gasteiger partial charge in [0.05, 0.1) is 13.2 Å². The van der Waals surface area contributed by atoms with Gasteiger partial charge >= 0.3 is 0 Å². The predicted octanol–water partition coefficient (Wildman–Crippen LogP) is 4.33. The molecule has 3 nitrogen and oxygen atoms in total. The van der Waals surface area contributed by atoms with E-state index in [1.54, 1.807) is 0 Å². The Morgan fingerprint density at radius 1 is 0.905 bits per heavy atom. The van der Waals surface area contributed by atoms with Crippen LogP contribution in [0.3, 0.4) is 0 Å². The van der Waals surface area contributed by atoms with E-state index in [1.165, 1.54) is 31.2 Å². The fraction of sp³-hybridized carbons (Fsp3) is 0.667. The highest BCUT2D eigenvalue weighted by atomic mass is 16.5. The van der Waals surface area contributed by atoms with Crippen molar-refractivity contribution in [3.8, 4) is 11.5 Å². The van der Waals surface area contributed by atoms with Crippen molar-refractivity contribution >= 4 is 0 Å². The highest BCUT2D eigenvalue weighted by Gasteiger charge is 2.06. The van der Waals surface area contributed by atoms with Gasteiger partial charge in [0.25, 0.3) is 0 Å². The second kappa shape index (κ2) is 11.4. The van der Waals surface area contributed by atoms with Crippen LogP contribution in [-0.4, -0.2) is 19.8 Å². The molecule has 0 aromatic heterocycles. The van der Waals surface area contributed by atoms with Crippen LogP contribution in [0.25, 0.3) is 0 Å². The molecule has 0 fully saturated rings. The van der Waals surface area contributed by atoms with E-state index >= 15 is 0 Å². The molecule has 2 N–H and O–H groups in total. The largest absolute Gasteiger partial charge is 0.493 e. The van der Waals surface area contributed by atoms with Gasteiger partial charge in [0.2, 0.25) is 0 Å². The molecule has 0 bridgehead atoms. The average molecular weight is 293 g/mol. The molecule has 120 valence electrons. The van der Waals surface area contributed by atoms with E-state index < -0.39 is 0 Å². The number of ether oxygens (including phenoxy) is 2. The number of benzene rings is 1. The third-order valence-corrected chi connectivity index (χ3v) is 3.43. The summed E-state index contributed by atoms with van der Waals surface area (Å²) >= 11 is 0. The second-order valence-corrected chi connectivity index (χ2v) is 5.42. The number of hydrogen-bond acceptors (Lipinski definition) is 3. The molecule has 0 unspecified atom stereocenters. The molecule has 0 aliphatic rings. The van der Waals surface area contributed by atoms with Gasteiger partial charge in [-0.25, -0.2) is 0 Å². The minimum absolute atomic E-state index is 0.641. The van der Waals surface area contributed by atoms with Gasteiger partial charge < -0.3 is 15.2 Å². The highest BCUT2D eigenvalue weighted by Crippen LogP contribution is 2.26. The van der Waals surface area contributed by atoms with Crippen LogP contribution in [0.2, 0.25) is 0 Å². The average Bonchev–Trinajstić information content (AvgIpc) is 2.50. The second-order valence-electron chi connectivity index (χ2n) is 5.42. The van der Waals surface area contributed by atoms with Crippen molar-refractivity contribution in [1.82, 2.24) is 0 Å². The molecule has 1 aromatic carbocycles. The SMILES string of the molecule is CCCCCCCOc1cc(OCCC)ccc1CCN. The lowest BCUT2D eigenvalue weighted by molar-refractivity contribution is 0.292. The summed E-state index contributed by atoms with van der Waals surface area (Å²) in [4.78, 5) is 0. The Morgan fingerprint density at radius 2 is 1.71 bits per heavy atom. The molecule has 3 heteroatoms. The van der Waals surface area contributed by atoms with Crippen LogP contribution < -0.4 is 15.2 Å². The van der Waals surface area contributed by atoms with Gasteiger partial charge in [-0.1, -0.05) is 45.6 Å². The van der Waals surface area contributed by atoms with E-state index in [0.717, 1.165) is 44.0 Å². The van der Waals surface area contributed by atoms with Crippen molar-refractivity contribution in [2.45, 2.75) is 58.8 Å². The Bertz CT molecular complexity index is 379. The van der Waals surface area contributed by atoms with Crippen LogP contribution in [0.1, 0.15) is 57.9 Å². The van der Waals surface area contributed by atoms with Crippen molar-refractivity contribution in [2.24, 2.45) is 5.73 Å². The van der Waals surface area contributed by atoms with E-state index in [0.29, 0.717) is 6.54 Å². The summed E-state index contributed by atoms with van der Waals surface area (Å²) in [6.45, 7) is 6.50. The van der Waals surface area contributed by atoms with Crippen molar-refractivity contribution in [2.75, 3.05) is 19.8 Å². The number of rotatable bonds is 12. The first kappa shape index (κ1) is 17.8. The summed E-state index contributed by atoms with van der Waals surface area (Å²) in [6.07, 6.45) is 8.11. The first-order chi connectivity index (χ1) is 10.3. The van der Waals surface area contributed by atoms with Gasteiger partial charge in [-0.3, -0.25) is 0 Å². The maximum Gasteiger partial charge on any atom is 0.126 e. The zero-order chi connectivity index (χ0) is 15.3. The summed E-state index contributed by atoms with van der Waals surface area (Å²) in [6, 6.07) is 6.09. The summed E-state index contributed by atoms with van der Waals surface area (Å²) in [5, 5.41) is 0.